The zero-order valence-corrected chi connectivity index (χ0v) is 15.6. The van der Waals surface area contributed by atoms with Gasteiger partial charge in [0.2, 0.25) is 11.0 Å². The quantitative estimate of drug-likeness (QED) is 0.483. The molecule has 0 atom stereocenters. The second-order valence-corrected chi connectivity index (χ2v) is 7.44. The van der Waals surface area contributed by atoms with E-state index in [1.165, 1.54) is 23.1 Å². The van der Waals surface area contributed by atoms with Gasteiger partial charge in [0.1, 0.15) is 0 Å². The van der Waals surface area contributed by atoms with Gasteiger partial charge < -0.3 is 15.4 Å². The van der Waals surface area contributed by atoms with Crippen molar-refractivity contribution in [2.24, 2.45) is 0 Å². The van der Waals surface area contributed by atoms with E-state index in [0.29, 0.717) is 30.5 Å². The maximum absolute atomic E-state index is 11.8. The average Bonchev–Trinajstić information content (AvgIpc) is 3.03. The molecule has 2 N–H and O–H groups in total. The summed E-state index contributed by atoms with van der Waals surface area (Å²) in [7, 11) is 1.65. The standard InChI is InChI=1S/C15H19ClN4O2S2/c1-22-9-8-18-14-19-20-15(24-14)23-10-13(21)17-7-6-11-2-4-12(16)5-3-11/h2-5H,6-10H2,1H3,(H,17,21)(H,18,19). The summed E-state index contributed by atoms with van der Waals surface area (Å²) in [5.41, 5.74) is 1.14. The van der Waals surface area contributed by atoms with Crippen molar-refractivity contribution < 1.29 is 9.53 Å². The molecule has 24 heavy (non-hydrogen) atoms. The highest BCUT2D eigenvalue weighted by Crippen LogP contribution is 2.24. The first-order valence-electron chi connectivity index (χ1n) is 7.37. The number of hydrogen-bond donors (Lipinski definition) is 2. The summed E-state index contributed by atoms with van der Waals surface area (Å²) in [6, 6.07) is 7.62. The number of amides is 1. The molecular weight excluding hydrogens is 368 g/mol. The Kier molecular flexibility index (Phi) is 8.31. The molecule has 2 aromatic rings. The maximum atomic E-state index is 11.8. The summed E-state index contributed by atoms with van der Waals surface area (Å²) in [4.78, 5) is 11.8. The molecule has 6 nitrogen and oxygen atoms in total. The fourth-order valence-electron chi connectivity index (χ4n) is 1.78. The Morgan fingerprint density at radius 2 is 2.08 bits per heavy atom. The summed E-state index contributed by atoms with van der Waals surface area (Å²) >= 11 is 8.65. The fraction of sp³-hybridized carbons (Fsp3) is 0.400. The zero-order valence-electron chi connectivity index (χ0n) is 13.3. The number of aromatic nitrogens is 2. The van der Waals surface area contributed by atoms with Crippen molar-refractivity contribution in [3.63, 3.8) is 0 Å². The normalized spacial score (nSPS) is 10.6. The third kappa shape index (κ3) is 7.04. The van der Waals surface area contributed by atoms with Crippen LogP contribution in [-0.4, -0.2) is 48.7 Å². The van der Waals surface area contributed by atoms with E-state index in [1.54, 1.807) is 7.11 Å². The van der Waals surface area contributed by atoms with Gasteiger partial charge in [-0.25, -0.2) is 0 Å². The van der Waals surface area contributed by atoms with Gasteiger partial charge in [0.15, 0.2) is 4.34 Å². The molecule has 0 saturated carbocycles. The van der Waals surface area contributed by atoms with Crippen LogP contribution in [0.4, 0.5) is 5.13 Å². The number of thioether (sulfide) groups is 1. The van der Waals surface area contributed by atoms with E-state index in [2.05, 4.69) is 20.8 Å². The first kappa shape index (κ1) is 19.0. The van der Waals surface area contributed by atoms with Gasteiger partial charge in [-0.1, -0.05) is 46.8 Å². The molecule has 0 saturated heterocycles. The summed E-state index contributed by atoms with van der Waals surface area (Å²) in [6.07, 6.45) is 0.778. The van der Waals surface area contributed by atoms with Crippen molar-refractivity contribution in [1.29, 1.82) is 0 Å². The molecular formula is C15H19ClN4O2S2. The van der Waals surface area contributed by atoms with Crippen LogP contribution in [0.25, 0.3) is 0 Å². The SMILES string of the molecule is COCCNc1nnc(SCC(=O)NCCc2ccc(Cl)cc2)s1. The van der Waals surface area contributed by atoms with Crippen LogP contribution in [0.15, 0.2) is 28.6 Å². The smallest absolute Gasteiger partial charge is 0.230 e. The number of rotatable bonds is 10. The minimum Gasteiger partial charge on any atom is -0.383 e. The molecule has 0 bridgehead atoms. The number of anilines is 1. The molecule has 0 unspecified atom stereocenters. The molecule has 130 valence electrons. The van der Waals surface area contributed by atoms with Gasteiger partial charge in [0, 0.05) is 25.2 Å². The highest BCUT2D eigenvalue weighted by Gasteiger charge is 2.07. The number of carbonyl (C=O) groups is 1. The lowest BCUT2D eigenvalue weighted by Gasteiger charge is -2.04. The van der Waals surface area contributed by atoms with Crippen molar-refractivity contribution in [2.45, 2.75) is 10.8 Å². The molecule has 0 aliphatic heterocycles. The molecule has 0 aliphatic rings. The predicted molar refractivity (Wildman–Crippen MR) is 99.2 cm³/mol. The Bertz CT molecular complexity index is 637. The van der Waals surface area contributed by atoms with Gasteiger partial charge in [0.05, 0.1) is 12.4 Å². The van der Waals surface area contributed by atoms with Crippen LogP contribution in [-0.2, 0) is 16.0 Å². The third-order valence-corrected chi connectivity index (χ3v) is 5.23. The van der Waals surface area contributed by atoms with E-state index in [-0.39, 0.29) is 5.91 Å². The van der Waals surface area contributed by atoms with Gasteiger partial charge in [-0.05, 0) is 24.1 Å². The number of nitrogens with one attached hydrogen (secondary N) is 2. The summed E-state index contributed by atoms with van der Waals surface area (Å²) in [5.74, 6) is 0.311. The molecule has 9 heteroatoms. The summed E-state index contributed by atoms with van der Waals surface area (Å²) in [5, 5.41) is 15.5. The Morgan fingerprint density at radius 3 is 2.83 bits per heavy atom. The number of nitrogens with zero attached hydrogens (tertiary/aromatic N) is 2. The highest BCUT2D eigenvalue weighted by molar-refractivity contribution is 8.01. The highest BCUT2D eigenvalue weighted by atomic mass is 35.5. The van der Waals surface area contributed by atoms with Crippen molar-refractivity contribution in [3.8, 4) is 0 Å². The van der Waals surface area contributed by atoms with Crippen LogP contribution in [0, 0.1) is 0 Å². The zero-order chi connectivity index (χ0) is 17.2. The lowest BCUT2D eigenvalue weighted by molar-refractivity contribution is -0.118. The lowest BCUT2D eigenvalue weighted by Crippen LogP contribution is -2.27. The third-order valence-electron chi connectivity index (χ3n) is 2.96. The van der Waals surface area contributed by atoms with E-state index < -0.39 is 0 Å². The van der Waals surface area contributed by atoms with Gasteiger partial charge in [-0.15, -0.1) is 10.2 Å². The van der Waals surface area contributed by atoms with Crippen LogP contribution in [0.2, 0.25) is 5.02 Å². The molecule has 0 spiro atoms. The minimum absolute atomic E-state index is 0.0157. The number of benzene rings is 1. The number of halogens is 1. The van der Waals surface area contributed by atoms with Crippen molar-refractivity contribution in [2.75, 3.05) is 37.9 Å². The Hall–Kier alpha value is -1.35. The van der Waals surface area contributed by atoms with Crippen LogP contribution < -0.4 is 10.6 Å². The molecule has 1 aromatic heterocycles. The second kappa shape index (κ2) is 10.5. The van der Waals surface area contributed by atoms with Gasteiger partial charge >= 0.3 is 0 Å². The molecule has 1 amide bonds. The Balaban J connectivity index is 1.63. The van der Waals surface area contributed by atoms with E-state index in [1.807, 2.05) is 24.3 Å². The van der Waals surface area contributed by atoms with E-state index >= 15 is 0 Å². The van der Waals surface area contributed by atoms with Crippen molar-refractivity contribution in [1.82, 2.24) is 15.5 Å². The number of methoxy groups -OCH3 is 1. The monoisotopic (exact) mass is 386 g/mol. The molecule has 2 rings (SSSR count). The molecule has 0 aliphatic carbocycles. The maximum Gasteiger partial charge on any atom is 0.230 e. The van der Waals surface area contributed by atoms with Gasteiger partial charge in [-0.3, -0.25) is 4.79 Å². The molecule has 0 fully saturated rings. The first-order chi connectivity index (χ1) is 11.7. The van der Waals surface area contributed by atoms with Crippen LogP contribution in [0.5, 0.6) is 0 Å². The second-order valence-electron chi connectivity index (χ2n) is 4.81. The van der Waals surface area contributed by atoms with Crippen LogP contribution in [0.1, 0.15) is 5.56 Å². The predicted octanol–water partition coefficient (Wildman–Crippen LogP) is 2.70. The average molecular weight is 387 g/mol. The molecule has 1 aromatic carbocycles. The molecule has 1 heterocycles. The van der Waals surface area contributed by atoms with Gasteiger partial charge in [-0.2, -0.15) is 0 Å². The molecule has 0 radical (unpaired) electrons. The topological polar surface area (TPSA) is 76.1 Å². The number of carbonyl (C=O) groups excluding carboxylic acids is 1. The Morgan fingerprint density at radius 1 is 1.29 bits per heavy atom. The van der Waals surface area contributed by atoms with E-state index in [4.69, 9.17) is 16.3 Å². The van der Waals surface area contributed by atoms with Crippen molar-refractivity contribution in [3.05, 3.63) is 34.9 Å². The first-order valence-corrected chi connectivity index (χ1v) is 9.55. The lowest BCUT2D eigenvalue weighted by atomic mass is 10.1. The van der Waals surface area contributed by atoms with E-state index in [9.17, 15) is 4.79 Å². The largest absolute Gasteiger partial charge is 0.383 e. The van der Waals surface area contributed by atoms with Crippen LogP contribution in [0.3, 0.4) is 0 Å². The Labute approximate surface area is 154 Å². The van der Waals surface area contributed by atoms with E-state index in [0.717, 1.165) is 21.5 Å². The van der Waals surface area contributed by atoms with Crippen LogP contribution >= 0.6 is 34.7 Å². The number of ether oxygens (including phenoxy) is 1. The summed E-state index contributed by atoms with van der Waals surface area (Å²) in [6.45, 7) is 1.89. The van der Waals surface area contributed by atoms with Gasteiger partial charge in [0.25, 0.3) is 0 Å². The summed E-state index contributed by atoms with van der Waals surface area (Å²) < 4.78 is 5.72. The van der Waals surface area contributed by atoms with Crippen molar-refractivity contribution >= 4 is 45.7 Å². The fourth-order valence-corrected chi connectivity index (χ4v) is 3.51. The number of hydrogen-bond acceptors (Lipinski definition) is 7. The minimum atomic E-state index is -0.0157.